The molecule has 1 heterocycles. The largest absolute Gasteiger partial charge is 0.302 e. The van der Waals surface area contributed by atoms with Crippen LogP contribution in [0.15, 0.2) is 42.5 Å². The summed E-state index contributed by atoms with van der Waals surface area (Å²) in [6.07, 6.45) is 0. The normalized spacial score (nSPS) is 18.1. The molecule has 3 rings (SSSR count). The van der Waals surface area contributed by atoms with Gasteiger partial charge in [-0.2, -0.15) is 0 Å². The molecule has 2 aromatic rings. The molecular weight excluding hydrogens is 230 g/mol. The Morgan fingerprint density at radius 3 is 2.88 bits per heavy atom. The van der Waals surface area contributed by atoms with Crippen LogP contribution in [0.5, 0.6) is 0 Å². The molecule has 0 aromatic heterocycles. The maximum Gasteiger partial charge on any atom is 0.0583 e. The van der Waals surface area contributed by atoms with E-state index in [0.29, 0.717) is 0 Å². The molecule has 0 bridgehead atoms. The van der Waals surface area contributed by atoms with Crippen LogP contribution in [0.25, 0.3) is 0 Å². The lowest BCUT2D eigenvalue weighted by molar-refractivity contribution is 0.667. The molecular formula is C15H14ClN. The number of rotatable bonds is 1. The summed E-state index contributed by atoms with van der Waals surface area (Å²) in [5.41, 5.74) is 5.32. The molecule has 1 unspecified atom stereocenters. The van der Waals surface area contributed by atoms with Gasteiger partial charge in [-0.05, 0) is 35.7 Å². The van der Waals surface area contributed by atoms with Crippen LogP contribution in [0.3, 0.4) is 0 Å². The fourth-order valence-corrected chi connectivity index (χ4v) is 2.67. The van der Waals surface area contributed by atoms with Crippen LogP contribution in [-0.4, -0.2) is 0 Å². The van der Waals surface area contributed by atoms with Crippen molar-refractivity contribution in [2.45, 2.75) is 19.5 Å². The van der Waals surface area contributed by atoms with E-state index in [-0.39, 0.29) is 6.04 Å². The third-order valence-corrected chi connectivity index (χ3v) is 3.52. The Labute approximate surface area is 106 Å². The molecule has 2 heteroatoms. The molecule has 0 saturated heterocycles. The summed E-state index contributed by atoms with van der Waals surface area (Å²) in [4.78, 5) is 0. The SMILES string of the molecule is Cc1ccc2c(c1)CNC2c1cccc(Cl)c1. The van der Waals surface area contributed by atoms with E-state index in [0.717, 1.165) is 11.6 Å². The van der Waals surface area contributed by atoms with E-state index in [4.69, 9.17) is 11.6 Å². The predicted molar refractivity (Wildman–Crippen MR) is 71.3 cm³/mol. The molecule has 1 N–H and O–H groups in total. The summed E-state index contributed by atoms with van der Waals surface area (Å²) in [5.74, 6) is 0. The maximum absolute atomic E-state index is 6.05. The Bertz CT molecular complexity index is 563. The Morgan fingerprint density at radius 1 is 1.18 bits per heavy atom. The highest BCUT2D eigenvalue weighted by molar-refractivity contribution is 6.30. The molecule has 1 aliphatic rings. The van der Waals surface area contributed by atoms with Crippen molar-refractivity contribution in [3.8, 4) is 0 Å². The molecule has 0 radical (unpaired) electrons. The van der Waals surface area contributed by atoms with E-state index in [9.17, 15) is 0 Å². The van der Waals surface area contributed by atoms with Crippen LogP contribution >= 0.6 is 11.6 Å². The standard InChI is InChI=1S/C15H14ClN/c1-10-5-6-14-12(7-10)9-17-15(14)11-3-2-4-13(16)8-11/h2-8,15,17H,9H2,1H3. The van der Waals surface area contributed by atoms with E-state index in [1.54, 1.807) is 0 Å². The molecule has 1 aliphatic heterocycles. The van der Waals surface area contributed by atoms with Crippen LogP contribution in [0.1, 0.15) is 28.3 Å². The molecule has 0 saturated carbocycles. The van der Waals surface area contributed by atoms with Crippen molar-refractivity contribution in [3.05, 3.63) is 69.7 Å². The third-order valence-electron chi connectivity index (χ3n) is 3.29. The average Bonchev–Trinajstić information content (AvgIpc) is 2.71. The highest BCUT2D eigenvalue weighted by Gasteiger charge is 2.22. The second-order valence-electron chi connectivity index (χ2n) is 4.57. The number of halogens is 1. The van der Waals surface area contributed by atoms with Gasteiger partial charge >= 0.3 is 0 Å². The predicted octanol–water partition coefficient (Wildman–Crippen LogP) is 3.84. The van der Waals surface area contributed by atoms with Gasteiger partial charge in [0.1, 0.15) is 0 Å². The van der Waals surface area contributed by atoms with Gasteiger partial charge in [0.2, 0.25) is 0 Å². The summed E-state index contributed by atoms with van der Waals surface area (Å²) in [5, 5.41) is 4.33. The Hall–Kier alpha value is -1.31. The number of fused-ring (bicyclic) bond motifs is 1. The van der Waals surface area contributed by atoms with Crippen molar-refractivity contribution in [1.29, 1.82) is 0 Å². The van der Waals surface area contributed by atoms with Gasteiger partial charge in [-0.3, -0.25) is 0 Å². The number of benzene rings is 2. The Kier molecular flexibility index (Phi) is 2.65. The van der Waals surface area contributed by atoms with Crippen molar-refractivity contribution in [2.24, 2.45) is 0 Å². The molecule has 0 amide bonds. The molecule has 86 valence electrons. The molecule has 17 heavy (non-hydrogen) atoms. The van der Waals surface area contributed by atoms with Crippen LogP contribution in [-0.2, 0) is 6.54 Å². The summed E-state index contributed by atoms with van der Waals surface area (Å²) < 4.78 is 0. The fraction of sp³-hybridized carbons (Fsp3) is 0.200. The van der Waals surface area contributed by atoms with Gasteiger partial charge in [-0.15, -0.1) is 0 Å². The van der Waals surface area contributed by atoms with Crippen molar-refractivity contribution < 1.29 is 0 Å². The van der Waals surface area contributed by atoms with Gasteiger partial charge < -0.3 is 5.32 Å². The Morgan fingerprint density at radius 2 is 2.06 bits per heavy atom. The fourth-order valence-electron chi connectivity index (χ4n) is 2.47. The highest BCUT2D eigenvalue weighted by Crippen LogP contribution is 2.32. The second kappa shape index (κ2) is 4.17. The minimum absolute atomic E-state index is 0.282. The van der Waals surface area contributed by atoms with Gasteiger partial charge in [0.15, 0.2) is 0 Å². The van der Waals surface area contributed by atoms with Crippen molar-refractivity contribution in [1.82, 2.24) is 5.32 Å². The summed E-state index contributed by atoms with van der Waals surface area (Å²) in [7, 11) is 0. The number of hydrogen-bond acceptors (Lipinski definition) is 1. The van der Waals surface area contributed by atoms with Crippen molar-refractivity contribution in [2.75, 3.05) is 0 Å². The lowest BCUT2D eigenvalue weighted by Gasteiger charge is -2.13. The van der Waals surface area contributed by atoms with Gasteiger partial charge in [0, 0.05) is 11.6 Å². The van der Waals surface area contributed by atoms with Crippen molar-refractivity contribution >= 4 is 11.6 Å². The average molecular weight is 244 g/mol. The van der Waals surface area contributed by atoms with Crippen LogP contribution < -0.4 is 5.32 Å². The lowest BCUT2D eigenvalue weighted by Crippen LogP contribution is -2.13. The van der Waals surface area contributed by atoms with E-state index >= 15 is 0 Å². The highest BCUT2D eigenvalue weighted by atomic mass is 35.5. The zero-order valence-electron chi connectivity index (χ0n) is 9.70. The van der Waals surface area contributed by atoms with Crippen LogP contribution in [0.4, 0.5) is 0 Å². The molecule has 2 aromatic carbocycles. The van der Waals surface area contributed by atoms with E-state index < -0.39 is 0 Å². The summed E-state index contributed by atoms with van der Waals surface area (Å²) in [6, 6.07) is 15.0. The quantitative estimate of drug-likeness (QED) is 0.803. The topological polar surface area (TPSA) is 12.0 Å². The number of hydrogen-bond donors (Lipinski definition) is 1. The second-order valence-corrected chi connectivity index (χ2v) is 5.01. The maximum atomic E-state index is 6.05. The van der Waals surface area contributed by atoms with Gasteiger partial charge in [-0.25, -0.2) is 0 Å². The molecule has 0 fully saturated rings. The van der Waals surface area contributed by atoms with Crippen LogP contribution in [0, 0.1) is 6.92 Å². The van der Waals surface area contributed by atoms with Gasteiger partial charge in [0.05, 0.1) is 6.04 Å². The number of nitrogens with one attached hydrogen (secondary N) is 1. The first kappa shape index (κ1) is 10.8. The lowest BCUT2D eigenvalue weighted by atomic mass is 9.97. The molecule has 0 aliphatic carbocycles. The summed E-state index contributed by atoms with van der Waals surface area (Å²) in [6.45, 7) is 3.07. The molecule has 1 nitrogen and oxygen atoms in total. The first-order valence-electron chi connectivity index (χ1n) is 5.82. The monoisotopic (exact) mass is 243 g/mol. The minimum Gasteiger partial charge on any atom is -0.302 e. The van der Waals surface area contributed by atoms with Crippen LogP contribution in [0.2, 0.25) is 5.02 Å². The zero-order chi connectivity index (χ0) is 11.8. The molecule has 0 spiro atoms. The van der Waals surface area contributed by atoms with Gasteiger partial charge in [-0.1, -0.05) is 47.5 Å². The smallest absolute Gasteiger partial charge is 0.0583 e. The molecule has 1 atom stereocenters. The van der Waals surface area contributed by atoms with Gasteiger partial charge in [0.25, 0.3) is 0 Å². The first-order chi connectivity index (χ1) is 8.24. The number of aryl methyl sites for hydroxylation is 1. The minimum atomic E-state index is 0.282. The van der Waals surface area contributed by atoms with E-state index in [1.807, 2.05) is 18.2 Å². The van der Waals surface area contributed by atoms with E-state index in [1.165, 1.54) is 22.3 Å². The summed E-state index contributed by atoms with van der Waals surface area (Å²) >= 11 is 6.05. The Balaban J connectivity index is 2.04. The van der Waals surface area contributed by atoms with Crippen molar-refractivity contribution in [3.63, 3.8) is 0 Å². The zero-order valence-corrected chi connectivity index (χ0v) is 10.5. The van der Waals surface area contributed by atoms with E-state index in [2.05, 4.69) is 36.5 Å². The third kappa shape index (κ3) is 1.97. The first-order valence-corrected chi connectivity index (χ1v) is 6.20.